The van der Waals surface area contributed by atoms with Gasteiger partial charge in [0, 0.05) is 36.8 Å². The average molecular weight is 286 g/mol. The Bertz CT molecular complexity index is 498. The molecule has 3 heteroatoms. The van der Waals surface area contributed by atoms with Gasteiger partial charge >= 0.3 is 0 Å². The van der Waals surface area contributed by atoms with Gasteiger partial charge < -0.3 is 10.4 Å². The Balaban J connectivity index is 1.51. The molecule has 1 aromatic carbocycles. The van der Waals surface area contributed by atoms with Gasteiger partial charge in [-0.05, 0) is 30.4 Å². The standard InChI is InChI=1S/C18H26N2O/c21-12-17-18-14-8-4-5-9-15(14)19-10-16(18)20(17)11-13-6-2-1-3-7-13/h4-5,8-9,13,16-19,21H,1-3,6-7,10-12H2/t16-,17-,18+/m1/s1. The maximum absolute atomic E-state index is 9.89. The summed E-state index contributed by atoms with van der Waals surface area (Å²) in [6.07, 6.45) is 6.99. The van der Waals surface area contributed by atoms with Gasteiger partial charge in [-0.1, -0.05) is 37.5 Å². The van der Waals surface area contributed by atoms with Crippen molar-refractivity contribution >= 4 is 5.69 Å². The summed E-state index contributed by atoms with van der Waals surface area (Å²) in [7, 11) is 0. The second-order valence-electron chi connectivity index (χ2n) is 7.01. The predicted octanol–water partition coefficient (Wildman–Crippen LogP) is 2.82. The van der Waals surface area contributed by atoms with Crippen LogP contribution in [0.3, 0.4) is 0 Å². The van der Waals surface area contributed by atoms with Crippen LogP contribution in [0.15, 0.2) is 24.3 Å². The first-order valence-electron chi connectivity index (χ1n) is 8.58. The molecule has 0 bridgehead atoms. The van der Waals surface area contributed by atoms with Crippen molar-refractivity contribution in [1.82, 2.24) is 4.90 Å². The van der Waals surface area contributed by atoms with Gasteiger partial charge in [0.25, 0.3) is 0 Å². The number of nitrogens with zero attached hydrogens (tertiary/aromatic N) is 1. The van der Waals surface area contributed by atoms with Crippen molar-refractivity contribution in [1.29, 1.82) is 0 Å². The smallest absolute Gasteiger partial charge is 0.0593 e. The molecule has 2 N–H and O–H groups in total. The van der Waals surface area contributed by atoms with Crippen LogP contribution in [-0.4, -0.2) is 41.8 Å². The first-order valence-corrected chi connectivity index (χ1v) is 8.58. The van der Waals surface area contributed by atoms with E-state index < -0.39 is 0 Å². The van der Waals surface area contributed by atoms with Crippen LogP contribution >= 0.6 is 0 Å². The fourth-order valence-corrected chi connectivity index (χ4v) is 4.79. The Kier molecular flexibility index (Phi) is 3.64. The van der Waals surface area contributed by atoms with Crippen LogP contribution in [0.25, 0.3) is 0 Å². The normalized spacial score (nSPS) is 32.7. The summed E-state index contributed by atoms with van der Waals surface area (Å²) < 4.78 is 0. The van der Waals surface area contributed by atoms with E-state index in [0.717, 1.165) is 12.5 Å². The molecule has 114 valence electrons. The molecule has 4 rings (SSSR count). The lowest BCUT2D eigenvalue weighted by Gasteiger charge is -2.58. The number of hydrogen-bond donors (Lipinski definition) is 2. The minimum atomic E-state index is 0.294. The maximum atomic E-state index is 9.89. The first-order chi connectivity index (χ1) is 10.4. The van der Waals surface area contributed by atoms with Gasteiger partial charge in [-0.3, -0.25) is 4.90 Å². The minimum Gasteiger partial charge on any atom is -0.395 e. The fourth-order valence-electron chi connectivity index (χ4n) is 4.79. The molecular formula is C18H26N2O. The molecule has 1 aliphatic carbocycles. The van der Waals surface area contributed by atoms with E-state index in [1.165, 1.54) is 49.9 Å². The quantitative estimate of drug-likeness (QED) is 0.897. The molecule has 3 aliphatic rings. The summed E-state index contributed by atoms with van der Waals surface area (Å²) in [6, 6.07) is 9.54. The average Bonchev–Trinajstić information content (AvgIpc) is 2.54. The van der Waals surface area contributed by atoms with Crippen molar-refractivity contribution in [2.75, 3.05) is 25.0 Å². The zero-order valence-electron chi connectivity index (χ0n) is 12.7. The molecule has 3 nitrogen and oxygen atoms in total. The lowest BCUT2D eigenvalue weighted by Crippen LogP contribution is -2.68. The number of fused-ring (bicyclic) bond motifs is 3. The van der Waals surface area contributed by atoms with E-state index in [0.29, 0.717) is 24.6 Å². The number of hydrogen-bond acceptors (Lipinski definition) is 3. The Morgan fingerprint density at radius 3 is 2.76 bits per heavy atom. The number of anilines is 1. The number of likely N-dealkylation sites (tertiary alicyclic amines) is 1. The van der Waals surface area contributed by atoms with Crippen LogP contribution in [0.5, 0.6) is 0 Å². The molecule has 1 saturated carbocycles. The molecule has 0 unspecified atom stereocenters. The van der Waals surface area contributed by atoms with E-state index in [1.54, 1.807) is 0 Å². The number of rotatable bonds is 3. The van der Waals surface area contributed by atoms with Crippen LogP contribution in [0.2, 0.25) is 0 Å². The predicted molar refractivity (Wildman–Crippen MR) is 85.6 cm³/mol. The summed E-state index contributed by atoms with van der Waals surface area (Å²) in [4.78, 5) is 2.59. The zero-order chi connectivity index (χ0) is 14.2. The summed E-state index contributed by atoms with van der Waals surface area (Å²) >= 11 is 0. The van der Waals surface area contributed by atoms with Crippen LogP contribution in [0.1, 0.15) is 43.6 Å². The summed E-state index contributed by atoms with van der Waals surface area (Å²) in [6.45, 7) is 2.52. The number of aliphatic hydroxyl groups excluding tert-OH is 1. The molecule has 0 aromatic heterocycles. The molecule has 0 radical (unpaired) electrons. The number of nitrogens with one attached hydrogen (secondary N) is 1. The third-order valence-corrected chi connectivity index (χ3v) is 5.88. The van der Waals surface area contributed by atoms with Crippen molar-refractivity contribution in [2.24, 2.45) is 5.92 Å². The zero-order valence-corrected chi connectivity index (χ0v) is 12.7. The minimum absolute atomic E-state index is 0.294. The van der Waals surface area contributed by atoms with Crippen LogP contribution in [0.4, 0.5) is 5.69 Å². The Morgan fingerprint density at radius 1 is 1.14 bits per heavy atom. The fraction of sp³-hybridized carbons (Fsp3) is 0.667. The molecule has 0 spiro atoms. The molecule has 1 saturated heterocycles. The first kappa shape index (κ1) is 13.6. The largest absolute Gasteiger partial charge is 0.395 e. The molecule has 1 aromatic rings. The molecule has 2 heterocycles. The van der Waals surface area contributed by atoms with E-state index in [4.69, 9.17) is 0 Å². The van der Waals surface area contributed by atoms with E-state index in [1.807, 2.05) is 0 Å². The van der Waals surface area contributed by atoms with Crippen molar-refractivity contribution in [3.05, 3.63) is 29.8 Å². The number of para-hydroxylation sites is 1. The number of benzene rings is 1. The van der Waals surface area contributed by atoms with Gasteiger partial charge in [-0.15, -0.1) is 0 Å². The highest BCUT2D eigenvalue weighted by atomic mass is 16.3. The van der Waals surface area contributed by atoms with Gasteiger partial charge in [0.1, 0.15) is 0 Å². The third-order valence-electron chi connectivity index (χ3n) is 5.88. The van der Waals surface area contributed by atoms with Crippen molar-refractivity contribution in [3.63, 3.8) is 0 Å². The molecular weight excluding hydrogens is 260 g/mol. The van der Waals surface area contributed by atoms with Crippen molar-refractivity contribution in [3.8, 4) is 0 Å². The Morgan fingerprint density at radius 2 is 1.95 bits per heavy atom. The summed E-state index contributed by atoms with van der Waals surface area (Å²) in [5.41, 5.74) is 2.68. The van der Waals surface area contributed by atoms with Crippen molar-refractivity contribution < 1.29 is 5.11 Å². The van der Waals surface area contributed by atoms with E-state index in [2.05, 4.69) is 34.5 Å². The second-order valence-corrected chi connectivity index (χ2v) is 7.01. The topological polar surface area (TPSA) is 35.5 Å². The molecule has 2 fully saturated rings. The maximum Gasteiger partial charge on any atom is 0.0593 e. The summed E-state index contributed by atoms with van der Waals surface area (Å²) in [5.74, 6) is 1.38. The van der Waals surface area contributed by atoms with E-state index >= 15 is 0 Å². The summed E-state index contributed by atoms with van der Waals surface area (Å²) in [5, 5.41) is 13.5. The Hall–Kier alpha value is -1.06. The molecule has 2 aliphatic heterocycles. The third kappa shape index (κ3) is 2.27. The molecule has 21 heavy (non-hydrogen) atoms. The highest BCUT2D eigenvalue weighted by Crippen LogP contribution is 2.46. The SMILES string of the molecule is OC[C@@H]1[C@H]2c3ccccc3NC[C@H]2N1CC1CCCCC1. The van der Waals surface area contributed by atoms with Gasteiger partial charge in [0.15, 0.2) is 0 Å². The van der Waals surface area contributed by atoms with Gasteiger partial charge in [0.2, 0.25) is 0 Å². The van der Waals surface area contributed by atoms with Gasteiger partial charge in [-0.2, -0.15) is 0 Å². The lowest BCUT2D eigenvalue weighted by molar-refractivity contribution is -0.0519. The monoisotopic (exact) mass is 286 g/mol. The van der Waals surface area contributed by atoms with Gasteiger partial charge in [0.05, 0.1) is 6.61 Å². The van der Waals surface area contributed by atoms with Crippen LogP contribution < -0.4 is 5.32 Å². The van der Waals surface area contributed by atoms with Crippen LogP contribution in [-0.2, 0) is 0 Å². The molecule has 0 amide bonds. The second kappa shape index (κ2) is 5.62. The van der Waals surface area contributed by atoms with Crippen LogP contribution in [0, 0.1) is 5.92 Å². The number of aliphatic hydroxyl groups is 1. The van der Waals surface area contributed by atoms with E-state index in [9.17, 15) is 5.11 Å². The van der Waals surface area contributed by atoms with Crippen molar-refractivity contribution in [2.45, 2.75) is 50.1 Å². The van der Waals surface area contributed by atoms with Gasteiger partial charge in [-0.25, -0.2) is 0 Å². The van der Waals surface area contributed by atoms with E-state index in [-0.39, 0.29) is 0 Å². The lowest BCUT2D eigenvalue weighted by atomic mass is 9.71. The molecule has 3 atom stereocenters. The highest BCUT2D eigenvalue weighted by Gasteiger charge is 2.51. The Labute approximate surface area is 127 Å². The highest BCUT2D eigenvalue weighted by molar-refractivity contribution is 5.57.